The summed E-state index contributed by atoms with van der Waals surface area (Å²) >= 11 is 5.61. The summed E-state index contributed by atoms with van der Waals surface area (Å²) in [5.74, 6) is 0.485. The van der Waals surface area contributed by atoms with Gasteiger partial charge in [-0.3, -0.25) is 10.1 Å². The molecule has 0 unspecified atom stereocenters. The molecule has 2 N–H and O–H groups in total. The molecule has 160 valence electrons. The standard InChI is InChI=1S/C18H11ClF3N5O4/c19-12-3-1-9(5-11(12)18(20,21)22)25-16-15(27(28)29)17(24-7-23-16)26-10-2-4-13-14(6-10)31-8-30-13/h1-7H,8H2,(H2,23,24,25,26). The smallest absolute Gasteiger partial charge is 0.417 e. The van der Waals surface area contributed by atoms with Crippen LogP contribution in [0.15, 0.2) is 42.7 Å². The normalized spacial score (nSPS) is 12.5. The second-order valence-electron chi connectivity index (χ2n) is 6.19. The van der Waals surface area contributed by atoms with E-state index in [2.05, 4.69) is 20.6 Å². The van der Waals surface area contributed by atoms with Gasteiger partial charge in [-0.05, 0) is 30.3 Å². The summed E-state index contributed by atoms with van der Waals surface area (Å²) in [5.41, 5.74) is -1.33. The monoisotopic (exact) mass is 453 g/mol. The van der Waals surface area contributed by atoms with Crippen LogP contribution < -0.4 is 20.1 Å². The van der Waals surface area contributed by atoms with Crippen LogP contribution in [0.4, 0.5) is 41.9 Å². The largest absolute Gasteiger partial charge is 0.454 e. The number of hydrogen-bond donors (Lipinski definition) is 2. The van der Waals surface area contributed by atoms with Crippen LogP contribution in [0.5, 0.6) is 11.5 Å². The molecule has 4 rings (SSSR count). The summed E-state index contributed by atoms with van der Waals surface area (Å²) in [4.78, 5) is 18.6. The van der Waals surface area contributed by atoms with E-state index in [0.29, 0.717) is 17.2 Å². The minimum Gasteiger partial charge on any atom is -0.454 e. The van der Waals surface area contributed by atoms with Gasteiger partial charge in [0.1, 0.15) is 6.33 Å². The van der Waals surface area contributed by atoms with Gasteiger partial charge < -0.3 is 20.1 Å². The van der Waals surface area contributed by atoms with Crippen molar-refractivity contribution in [1.82, 2.24) is 9.97 Å². The Hall–Kier alpha value is -3.80. The summed E-state index contributed by atoms with van der Waals surface area (Å²) < 4.78 is 49.8. The van der Waals surface area contributed by atoms with Gasteiger partial charge >= 0.3 is 11.9 Å². The summed E-state index contributed by atoms with van der Waals surface area (Å²) in [6.07, 6.45) is -3.66. The average molecular weight is 454 g/mol. The number of nitro groups is 1. The molecule has 0 fully saturated rings. The highest BCUT2D eigenvalue weighted by Crippen LogP contribution is 2.39. The zero-order valence-corrected chi connectivity index (χ0v) is 16.0. The predicted octanol–water partition coefficient (Wildman–Crippen LogP) is 5.27. The van der Waals surface area contributed by atoms with E-state index in [-0.39, 0.29) is 24.1 Å². The van der Waals surface area contributed by atoms with Gasteiger partial charge in [0, 0.05) is 17.4 Å². The molecule has 1 aliphatic heterocycles. The number of nitrogens with zero attached hydrogens (tertiary/aromatic N) is 3. The molecule has 0 spiro atoms. The maximum Gasteiger partial charge on any atom is 0.417 e. The van der Waals surface area contributed by atoms with E-state index in [0.717, 1.165) is 18.5 Å². The second kappa shape index (κ2) is 7.80. The number of rotatable bonds is 5. The Morgan fingerprint density at radius 2 is 1.61 bits per heavy atom. The SMILES string of the molecule is O=[N+]([O-])c1c(Nc2ccc3c(c2)OCO3)ncnc1Nc1ccc(Cl)c(C(F)(F)F)c1. The molecule has 13 heteroatoms. The first-order chi connectivity index (χ1) is 14.7. The van der Waals surface area contributed by atoms with Crippen molar-refractivity contribution in [3.05, 3.63) is 63.4 Å². The Bertz CT molecular complexity index is 1180. The predicted molar refractivity (Wildman–Crippen MR) is 104 cm³/mol. The van der Waals surface area contributed by atoms with Crippen molar-refractivity contribution >= 4 is 40.3 Å². The van der Waals surface area contributed by atoms with Gasteiger partial charge in [-0.2, -0.15) is 13.2 Å². The van der Waals surface area contributed by atoms with E-state index < -0.39 is 27.4 Å². The molecule has 2 aromatic carbocycles. The van der Waals surface area contributed by atoms with Gasteiger partial charge in [0.2, 0.25) is 18.4 Å². The number of ether oxygens (including phenoxy) is 2. The highest BCUT2D eigenvalue weighted by Gasteiger charge is 2.33. The van der Waals surface area contributed by atoms with E-state index in [4.69, 9.17) is 21.1 Å². The van der Waals surface area contributed by atoms with Crippen LogP contribution in [-0.4, -0.2) is 21.7 Å². The molecule has 0 radical (unpaired) electrons. The van der Waals surface area contributed by atoms with E-state index in [9.17, 15) is 23.3 Å². The van der Waals surface area contributed by atoms with E-state index in [1.165, 1.54) is 6.07 Å². The fraction of sp³-hybridized carbons (Fsp3) is 0.111. The molecule has 0 saturated heterocycles. The fourth-order valence-electron chi connectivity index (χ4n) is 2.80. The first-order valence-corrected chi connectivity index (χ1v) is 8.90. The molecule has 9 nitrogen and oxygen atoms in total. The van der Waals surface area contributed by atoms with Crippen LogP contribution in [0, 0.1) is 10.1 Å². The lowest BCUT2D eigenvalue weighted by Crippen LogP contribution is -2.08. The molecule has 0 bridgehead atoms. The van der Waals surface area contributed by atoms with E-state index in [1.54, 1.807) is 18.2 Å². The maximum absolute atomic E-state index is 13.1. The van der Waals surface area contributed by atoms with Gasteiger partial charge in [-0.1, -0.05) is 11.6 Å². The van der Waals surface area contributed by atoms with Crippen LogP contribution in [0.25, 0.3) is 0 Å². The lowest BCUT2D eigenvalue weighted by Gasteiger charge is -2.13. The van der Waals surface area contributed by atoms with Crippen molar-refractivity contribution in [3.8, 4) is 11.5 Å². The molecular formula is C18H11ClF3N5O4. The summed E-state index contributed by atoms with van der Waals surface area (Å²) in [5, 5.41) is 16.5. The molecule has 1 aliphatic rings. The van der Waals surface area contributed by atoms with Crippen molar-refractivity contribution in [1.29, 1.82) is 0 Å². The Balaban J connectivity index is 1.67. The first kappa shape index (κ1) is 20.5. The van der Waals surface area contributed by atoms with E-state index in [1.807, 2.05) is 0 Å². The van der Waals surface area contributed by atoms with Crippen molar-refractivity contribution in [3.63, 3.8) is 0 Å². The molecule has 0 atom stereocenters. The van der Waals surface area contributed by atoms with Crippen molar-refractivity contribution < 1.29 is 27.6 Å². The molecule has 2 heterocycles. The Morgan fingerprint density at radius 3 is 2.26 bits per heavy atom. The third-order valence-electron chi connectivity index (χ3n) is 4.17. The van der Waals surface area contributed by atoms with Gasteiger partial charge in [0.15, 0.2) is 11.5 Å². The molecule has 0 amide bonds. The number of nitrogens with one attached hydrogen (secondary N) is 2. The number of aromatic nitrogens is 2. The Morgan fingerprint density at radius 1 is 1.00 bits per heavy atom. The topological polar surface area (TPSA) is 111 Å². The van der Waals surface area contributed by atoms with Gasteiger partial charge in [0.05, 0.1) is 15.5 Å². The minimum atomic E-state index is -4.70. The molecule has 1 aromatic heterocycles. The van der Waals surface area contributed by atoms with Crippen molar-refractivity contribution in [2.45, 2.75) is 6.18 Å². The van der Waals surface area contributed by atoms with Crippen LogP contribution in [-0.2, 0) is 6.18 Å². The van der Waals surface area contributed by atoms with Crippen LogP contribution in [0.2, 0.25) is 5.02 Å². The fourth-order valence-corrected chi connectivity index (χ4v) is 3.03. The van der Waals surface area contributed by atoms with Crippen LogP contribution in [0.3, 0.4) is 0 Å². The third kappa shape index (κ3) is 4.23. The summed E-state index contributed by atoms with van der Waals surface area (Å²) in [7, 11) is 0. The summed E-state index contributed by atoms with van der Waals surface area (Å²) in [6.45, 7) is 0.0571. The third-order valence-corrected chi connectivity index (χ3v) is 4.50. The van der Waals surface area contributed by atoms with Crippen LogP contribution >= 0.6 is 11.6 Å². The quantitative estimate of drug-likeness (QED) is 0.397. The van der Waals surface area contributed by atoms with E-state index >= 15 is 0 Å². The van der Waals surface area contributed by atoms with Crippen molar-refractivity contribution in [2.24, 2.45) is 0 Å². The summed E-state index contributed by atoms with van der Waals surface area (Å²) in [6, 6.07) is 7.79. The molecule has 3 aromatic rings. The molecular weight excluding hydrogens is 443 g/mol. The second-order valence-corrected chi connectivity index (χ2v) is 6.59. The Kier molecular flexibility index (Phi) is 5.15. The minimum absolute atomic E-state index is 0.0571. The zero-order valence-electron chi connectivity index (χ0n) is 15.2. The number of alkyl halides is 3. The van der Waals surface area contributed by atoms with Gasteiger partial charge in [0.25, 0.3) is 0 Å². The zero-order chi connectivity index (χ0) is 22.2. The number of anilines is 4. The maximum atomic E-state index is 13.1. The number of benzene rings is 2. The van der Waals surface area contributed by atoms with Crippen LogP contribution in [0.1, 0.15) is 5.56 Å². The number of halogens is 4. The lowest BCUT2D eigenvalue weighted by molar-refractivity contribution is -0.383. The molecule has 31 heavy (non-hydrogen) atoms. The highest BCUT2D eigenvalue weighted by molar-refractivity contribution is 6.31. The average Bonchev–Trinajstić information content (AvgIpc) is 3.16. The molecule has 0 saturated carbocycles. The highest BCUT2D eigenvalue weighted by atomic mass is 35.5. The van der Waals surface area contributed by atoms with Gasteiger partial charge in [-0.25, -0.2) is 9.97 Å². The molecule has 0 aliphatic carbocycles. The first-order valence-electron chi connectivity index (χ1n) is 8.52. The van der Waals surface area contributed by atoms with Gasteiger partial charge in [-0.15, -0.1) is 0 Å². The number of hydrogen-bond acceptors (Lipinski definition) is 8. The Labute approximate surface area is 176 Å². The lowest BCUT2D eigenvalue weighted by atomic mass is 10.2. The van der Waals surface area contributed by atoms with Crippen molar-refractivity contribution in [2.75, 3.05) is 17.4 Å². The number of fused-ring (bicyclic) bond motifs is 1.